The van der Waals surface area contributed by atoms with E-state index in [1.807, 2.05) is 84.5 Å². The Bertz CT molecular complexity index is 4010. The molecule has 0 fully saturated rings. The second-order valence-corrected chi connectivity index (χ2v) is 19.5. The molecule has 10 rings (SSSR count). The number of rotatable bonds is 26. The molecule has 0 aliphatic heterocycles. The number of halogens is 3. The minimum Gasteiger partial charge on any atom is -0.473 e. The molecule has 33 heteroatoms. The predicted octanol–water partition coefficient (Wildman–Crippen LogP) is 9.30. The third kappa shape index (κ3) is 18.3. The molecule has 0 amide bonds. The number of pyridine rings is 2. The van der Waals surface area contributed by atoms with E-state index in [0.29, 0.717) is 22.4 Å². The highest BCUT2D eigenvalue weighted by molar-refractivity contribution is 6.33. The normalized spacial score (nSPS) is 10.5. The van der Waals surface area contributed by atoms with Crippen molar-refractivity contribution in [3.05, 3.63) is 205 Å². The summed E-state index contributed by atoms with van der Waals surface area (Å²) in [7, 11) is 4.00. The Morgan fingerprint density at radius 1 is 0.551 bits per heavy atom. The smallest absolute Gasteiger partial charge is 0.299 e. The topological polar surface area (TPSA) is 370 Å². The second-order valence-electron chi connectivity index (χ2n) is 19.1. The van der Waals surface area contributed by atoms with Crippen molar-refractivity contribution in [3.63, 3.8) is 0 Å². The number of hydrogen-bond acceptors (Lipinski definition) is 20. The Labute approximate surface area is 524 Å². The van der Waals surface area contributed by atoms with Gasteiger partial charge in [0.2, 0.25) is 12.7 Å². The number of aliphatic hydroxyl groups is 2. The SMILES string of the molecule is C[n+]1ccn(CCCNc2ccc(N)cc2)c1.C[n+]1ccn(CCCNc2ccc(Nc3cc(Nc4c(OCCO)nn5ccccc45)c([N+](=O)[O-])cc3[N+](=O)[O-])cc2)c1.Cl.Cl.O=[N+]([O-])c1cc([N+](=O)[O-])c(Nc2c(OCCO)nn3ccccc23)cc1Cl. The van der Waals surface area contributed by atoms with E-state index in [2.05, 4.69) is 58.4 Å². The number of nitrogen functional groups attached to an aromatic ring is 1. The summed E-state index contributed by atoms with van der Waals surface area (Å²) < 4.78 is 22.3. The number of aromatic nitrogens is 8. The molecule has 0 aliphatic rings. The number of nitrogens with two attached hydrogens (primary N) is 1. The van der Waals surface area contributed by atoms with Crippen molar-refractivity contribution in [2.24, 2.45) is 14.1 Å². The van der Waals surface area contributed by atoms with Crippen LogP contribution in [0.25, 0.3) is 11.0 Å². The number of nitrogens with zero attached hydrogens (tertiary/aromatic N) is 12. The van der Waals surface area contributed by atoms with Crippen molar-refractivity contribution in [1.82, 2.24) is 28.4 Å². The van der Waals surface area contributed by atoms with Gasteiger partial charge in [-0.2, -0.15) is 0 Å². The van der Waals surface area contributed by atoms with Gasteiger partial charge < -0.3 is 52.0 Å². The number of aryl methyl sites for hydroxylation is 4. The third-order valence-corrected chi connectivity index (χ3v) is 13.0. The molecular formula is C56H63Cl3N18O12+2. The molecule has 0 saturated carbocycles. The van der Waals surface area contributed by atoms with Gasteiger partial charge in [-0.3, -0.25) is 40.5 Å². The molecule has 0 radical (unpaired) electrons. The van der Waals surface area contributed by atoms with E-state index in [9.17, 15) is 45.6 Å². The van der Waals surface area contributed by atoms with Gasteiger partial charge in [-0.05, 0) is 84.9 Å². The molecule has 30 nitrogen and oxygen atoms in total. The van der Waals surface area contributed by atoms with Crippen LogP contribution in [0.3, 0.4) is 0 Å². The molecule has 6 aromatic heterocycles. The summed E-state index contributed by atoms with van der Waals surface area (Å²) in [5.74, 6) is 0.201. The molecule has 0 aliphatic carbocycles. The summed E-state index contributed by atoms with van der Waals surface area (Å²) in [4.78, 5) is 43.3. The van der Waals surface area contributed by atoms with Crippen LogP contribution in [-0.2, 0) is 27.2 Å². The molecule has 0 bridgehead atoms. The second kappa shape index (κ2) is 32.3. The molecule has 9 N–H and O–H groups in total. The summed E-state index contributed by atoms with van der Waals surface area (Å²) in [5.41, 5.74) is 8.55. The first-order chi connectivity index (χ1) is 42.0. The highest BCUT2D eigenvalue weighted by atomic mass is 35.5. The van der Waals surface area contributed by atoms with Gasteiger partial charge in [-0.1, -0.05) is 23.7 Å². The highest BCUT2D eigenvalue weighted by Gasteiger charge is 2.28. The zero-order valence-electron chi connectivity index (χ0n) is 47.7. The van der Waals surface area contributed by atoms with Crippen molar-refractivity contribution in [2.75, 3.05) is 71.8 Å². The molecule has 0 atom stereocenters. The van der Waals surface area contributed by atoms with Crippen molar-refractivity contribution in [3.8, 4) is 11.8 Å². The lowest BCUT2D eigenvalue weighted by molar-refractivity contribution is -0.671. The molecular weight excluding hydrogens is 1220 g/mol. The first-order valence-electron chi connectivity index (χ1n) is 26.8. The fraction of sp³-hybridized carbons (Fsp3) is 0.214. The van der Waals surface area contributed by atoms with Gasteiger partial charge in [0.25, 0.3) is 34.5 Å². The summed E-state index contributed by atoms with van der Waals surface area (Å²) in [6, 6.07) is 29.5. The van der Waals surface area contributed by atoms with Crippen LogP contribution in [0.1, 0.15) is 12.8 Å². The average Bonchev–Trinajstić information content (AvgIpc) is 3.02. The number of hydrogen-bond donors (Lipinski definition) is 8. The van der Waals surface area contributed by atoms with E-state index in [1.165, 1.54) is 15.1 Å². The number of anilines is 9. The quantitative estimate of drug-likeness (QED) is 0.00822. The number of nitrogens with one attached hydrogen (secondary N) is 5. The number of aliphatic hydroxyl groups excluding tert-OH is 2. The molecule has 0 unspecified atom stereocenters. The first-order valence-corrected chi connectivity index (χ1v) is 27.1. The van der Waals surface area contributed by atoms with Crippen LogP contribution < -0.4 is 50.9 Å². The Morgan fingerprint density at radius 3 is 1.37 bits per heavy atom. The standard InChI is InChI=1S/C28H30N9O6.C15H12ClN5O6.C13H19N4.2ClH/c1-33-13-14-34(19-33)11-4-10-29-20-6-8-21(9-7-20)30-22-17-23(26(37(41)42)18-25(22)36(39)40)31-27-24-5-2-3-12-35(24)32-28(27)43-16-15-38;16-9-7-10(13(21(25)26)8-12(9)20(23)24)17-14-11-3-1-2-4-19(11)18-15(14)27-6-5-22;1-16-9-10-17(11-16)8-2-7-15-13-5-3-12(14)4-6-13;;/h2-3,5-9,12-14,17-19,29-31,38H,4,10-11,15-16H2,1H3;1-4,7-8,17,22H,5-6H2;3-6,9-11,15H,2,7-8,14H2,1H3;2*1H/q+1;;+1;;. The van der Waals surface area contributed by atoms with Crippen LogP contribution in [0.15, 0.2) is 159 Å². The van der Waals surface area contributed by atoms with Crippen LogP contribution in [0.2, 0.25) is 5.02 Å². The van der Waals surface area contributed by atoms with Gasteiger partial charge in [0, 0.05) is 61.1 Å². The Balaban J connectivity index is 0.000000234. The first kappa shape index (κ1) is 67.6. The molecule has 0 spiro atoms. The predicted molar refractivity (Wildman–Crippen MR) is 339 cm³/mol. The van der Waals surface area contributed by atoms with Crippen molar-refractivity contribution in [1.29, 1.82) is 0 Å². The third-order valence-electron chi connectivity index (χ3n) is 12.7. The van der Waals surface area contributed by atoms with E-state index in [0.717, 1.165) is 74.3 Å². The minimum absolute atomic E-state index is 0. The lowest BCUT2D eigenvalue weighted by atomic mass is 10.1. The fourth-order valence-electron chi connectivity index (χ4n) is 8.65. The van der Waals surface area contributed by atoms with Gasteiger partial charge in [0.15, 0.2) is 0 Å². The maximum absolute atomic E-state index is 12.0. The number of ether oxygens (including phenoxy) is 2. The summed E-state index contributed by atoms with van der Waals surface area (Å²) in [6.07, 6.45) is 17.6. The van der Waals surface area contributed by atoms with Crippen molar-refractivity contribution < 1.29 is 48.5 Å². The molecule has 468 valence electrons. The van der Waals surface area contributed by atoms with Gasteiger partial charge in [-0.25, -0.2) is 27.3 Å². The van der Waals surface area contributed by atoms with E-state index >= 15 is 0 Å². The average molecular weight is 1290 g/mol. The van der Waals surface area contributed by atoms with Crippen LogP contribution in [0.5, 0.6) is 11.8 Å². The molecule has 0 saturated heterocycles. The lowest BCUT2D eigenvalue weighted by Gasteiger charge is -2.13. The zero-order valence-corrected chi connectivity index (χ0v) is 50.1. The molecule has 4 aromatic carbocycles. The van der Waals surface area contributed by atoms with E-state index in [4.69, 9.17) is 31.9 Å². The van der Waals surface area contributed by atoms with Crippen molar-refractivity contribution in [2.45, 2.75) is 25.9 Å². The molecule has 6 heterocycles. The number of nitro benzene ring substituents is 4. The summed E-state index contributed by atoms with van der Waals surface area (Å²) >= 11 is 5.89. The number of nitro groups is 4. The Hall–Kier alpha value is -10.5. The fourth-order valence-corrected chi connectivity index (χ4v) is 8.88. The van der Waals surface area contributed by atoms with Gasteiger partial charge >= 0.3 is 0 Å². The monoisotopic (exact) mass is 1280 g/mol. The van der Waals surface area contributed by atoms with Gasteiger partial charge in [0.1, 0.15) is 71.5 Å². The highest BCUT2D eigenvalue weighted by Crippen LogP contribution is 2.43. The zero-order chi connectivity index (χ0) is 62.0. The van der Waals surface area contributed by atoms with Crippen LogP contribution in [0.4, 0.5) is 73.9 Å². The maximum atomic E-state index is 12.0. The Morgan fingerprint density at radius 2 is 0.955 bits per heavy atom. The van der Waals surface area contributed by atoms with E-state index in [-0.39, 0.29) is 90.8 Å². The number of fused-ring (bicyclic) bond motifs is 2. The van der Waals surface area contributed by atoms with E-state index < -0.39 is 42.4 Å². The van der Waals surface area contributed by atoms with Crippen LogP contribution in [-0.4, -0.2) is 97.8 Å². The molecule has 89 heavy (non-hydrogen) atoms. The van der Waals surface area contributed by atoms with Crippen LogP contribution >= 0.6 is 36.4 Å². The minimum atomic E-state index is -0.801. The maximum Gasteiger partial charge on any atom is 0.299 e. The Kier molecular flexibility index (Phi) is 24.5. The van der Waals surface area contributed by atoms with Crippen molar-refractivity contribution >= 4 is 121 Å². The van der Waals surface area contributed by atoms with Crippen LogP contribution in [0, 0.1) is 40.5 Å². The van der Waals surface area contributed by atoms with Gasteiger partial charge in [0.05, 0.1) is 83.3 Å². The number of imidazole rings is 2. The summed E-state index contributed by atoms with van der Waals surface area (Å²) in [6.45, 7) is 3.01. The van der Waals surface area contributed by atoms with E-state index in [1.54, 1.807) is 60.9 Å². The number of benzene rings is 4. The summed E-state index contributed by atoms with van der Waals surface area (Å²) in [5, 5.41) is 88.3. The van der Waals surface area contributed by atoms with Gasteiger partial charge in [-0.15, -0.1) is 35.0 Å². The molecule has 10 aromatic rings. The largest absolute Gasteiger partial charge is 0.473 e. The lowest BCUT2D eigenvalue weighted by Crippen LogP contribution is -2.23.